The first kappa shape index (κ1) is 18.9. The smallest absolute Gasteiger partial charge is 0.310 e. The van der Waals surface area contributed by atoms with Crippen LogP contribution in [0.4, 0.5) is 0 Å². The lowest BCUT2D eigenvalue weighted by Gasteiger charge is -2.35. The van der Waals surface area contributed by atoms with Gasteiger partial charge in [0.2, 0.25) is 0 Å². The van der Waals surface area contributed by atoms with Crippen LogP contribution in [0.25, 0.3) is 0 Å². The lowest BCUT2D eigenvalue weighted by Crippen LogP contribution is -2.48. The average molecular weight is 332 g/mol. The van der Waals surface area contributed by atoms with E-state index in [9.17, 15) is 9.90 Å². The van der Waals surface area contributed by atoms with Crippen LogP contribution in [0.3, 0.4) is 0 Å². The standard InChI is InChI=1S/C20H32N2O2/c1-3-20(4-2,19(23)24)16-21-18-11-14-22(15-12-18)13-10-17-8-6-5-7-9-17/h5-9,18,21H,3-4,10-16H2,1-2H3,(H,23,24). The molecule has 0 aliphatic carbocycles. The lowest BCUT2D eigenvalue weighted by atomic mass is 9.82. The Morgan fingerprint density at radius 2 is 1.83 bits per heavy atom. The molecule has 0 spiro atoms. The van der Waals surface area contributed by atoms with Gasteiger partial charge in [0.1, 0.15) is 0 Å². The highest BCUT2D eigenvalue weighted by Crippen LogP contribution is 2.26. The Bertz CT molecular complexity index is 492. The quantitative estimate of drug-likeness (QED) is 0.729. The highest BCUT2D eigenvalue weighted by atomic mass is 16.4. The van der Waals surface area contributed by atoms with Gasteiger partial charge in [-0.3, -0.25) is 4.79 Å². The normalized spacial score (nSPS) is 17.1. The Balaban J connectivity index is 1.71. The van der Waals surface area contributed by atoms with Crippen LogP contribution in [0.5, 0.6) is 0 Å². The number of carboxylic acids is 1. The molecule has 0 atom stereocenters. The van der Waals surface area contributed by atoms with Gasteiger partial charge in [0.05, 0.1) is 5.41 Å². The summed E-state index contributed by atoms with van der Waals surface area (Å²) in [6.45, 7) is 7.85. The van der Waals surface area contributed by atoms with Gasteiger partial charge in [0.15, 0.2) is 0 Å². The number of rotatable bonds is 9. The number of hydrogen-bond acceptors (Lipinski definition) is 3. The van der Waals surface area contributed by atoms with Crippen molar-refractivity contribution in [2.45, 2.75) is 52.0 Å². The highest BCUT2D eigenvalue weighted by Gasteiger charge is 2.35. The minimum Gasteiger partial charge on any atom is -0.481 e. The summed E-state index contributed by atoms with van der Waals surface area (Å²) in [4.78, 5) is 14.1. The van der Waals surface area contributed by atoms with Crippen LogP contribution in [0, 0.1) is 5.41 Å². The first-order valence-corrected chi connectivity index (χ1v) is 9.32. The summed E-state index contributed by atoms with van der Waals surface area (Å²) in [6, 6.07) is 11.1. The molecule has 1 saturated heterocycles. The van der Waals surface area contributed by atoms with Crippen molar-refractivity contribution in [1.82, 2.24) is 10.2 Å². The van der Waals surface area contributed by atoms with Gasteiger partial charge in [-0.05, 0) is 50.8 Å². The summed E-state index contributed by atoms with van der Waals surface area (Å²) in [7, 11) is 0. The third-order valence-corrected chi connectivity index (χ3v) is 5.68. The molecule has 0 unspecified atom stereocenters. The van der Waals surface area contributed by atoms with E-state index in [1.54, 1.807) is 0 Å². The molecule has 0 saturated carbocycles. The van der Waals surface area contributed by atoms with E-state index >= 15 is 0 Å². The zero-order valence-electron chi connectivity index (χ0n) is 15.1. The third-order valence-electron chi connectivity index (χ3n) is 5.68. The number of hydrogen-bond donors (Lipinski definition) is 2. The summed E-state index contributed by atoms with van der Waals surface area (Å²) in [5, 5.41) is 13.1. The van der Waals surface area contributed by atoms with Crippen LogP contribution in [-0.4, -0.2) is 48.2 Å². The highest BCUT2D eigenvalue weighted by molar-refractivity contribution is 5.74. The van der Waals surface area contributed by atoms with Gasteiger partial charge in [-0.25, -0.2) is 0 Å². The summed E-state index contributed by atoms with van der Waals surface area (Å²) in [6.07, 6.45) is 4.69. The van der Waals surface area contributed by atoms with E-state index in [1.807, 2.05) is 13.8 Å². The van der Waals surface area contributed by atoms with Crippen molar-refractivity contribution < 1.29 is 9.90 Å². The second-order valence-electron chi connectivity index (χ2n) is 7.03. The molecule has 2 rings (SSSR count). The molecule has 2 N–H and O–H groups in total. The van der Waals surface area contributed by atoms with Gasteiger partial charge >= 0.3 is 5.97 Å². The molecule has 1 aliphatic heterocycles. The predicted octanol–water partition coefficient (Wildman–Crippen LogP) is 3.17. The second kappa shape index (κ2) is 9.19. The van der Waals surface area contributed by atoms with Crippen molar-refractivity contribution in [1.29, 1.82) is 0 Å². The Morgan fingerprint density at radius 3 is 2.38 bits per heavy atom. The van der Waals surface area contributed by atoms with Gasteiger partial charge < -0.3 is 15.3 Å². The SMILES string of the molecule is CCC(CC)(CNC1CCN(CCc2ccccc2)CC1)C(=O)O. The summed E-state index contributed by atoms with van der Waals surface area (Å²) in [5.74, 6) is -0.666. The Labute approximate surface area is 146 Å². The summed E-state index contributed by atoms with van der Waals surface area (Å²) >= 11 is 0. The first-order valence-electron chi connectivity index (χ1n) is 9.32. The van der Waals surface area contributed by atoms with Crippen LogP contribution in [0.15, 0.2) is 30.3 Å². The monoisotopic (exact) mass is 332 g/mol. The van der Waals surface area contributed by atoms with Crippen LogP contribution in [-0.2, 0) is 11.2 Å². The first-order chi connectivity index (χ1) is 11.6. The second-order valence-corrected chi connectivity index (χ2v) is 7.03. The third kappa shape index (κ3) is 5.05. The van der Waals surface area contributed by atoms with E-state index in [0.29, 0.717) is 25.4 Å². The number of aliphatic carboxylic acids is 1. The number of nitrogens with zero attached hydrogens (tertiary/aromatic N) is 1. The van der Waals surface area contributed by atoms with Crippen molar-refractivity contribution in [2.75, 3.05) is 26.2 Å². The molecule has 24 heavy (non-hydrogen) atoms. The number of piperidine rings is 1. The molecular formula is C20H32N2O2. The maximum absolute atomic E-state index is 11.6. The van der Waals surface area contributed by atoms with Crippen molar-refractivity contribution in [3.8, 4) is 0 Å². The predicted molar refractivity (Wildman–Crippen MR) is 98.3 cm³/mol. The minimum atomic E-state index is -0.666. The molecule has 0 radical (unpaired) electrons. The maximum atomic E-state index is 11.6. The van der Waals surface area contributed by atoms with Crippen molar-refractivity contribution >= 4 is 5.97 Å². The molecule has 1 heterocycles. The van der Waals surface area contributed by atoms with E-state index in [1.165, 1.54) is 5.56 Å². The molecule has 1 aromatic rings. The Morgan fingerprint density at radius 1 is 1.21 bits per heavy atom. The molecule has 1 aromatic carbocycles. The largest absolute Gasteiger partial charge is 0.481 e. The van der Waals surface area contributed by atoms with Crippen LogP contribution in [0.2, 0.25) is 0 Å². The van der Waals surface area contributed by atoms with E-state index < -0.39 is 11.4 Å². The number of carboxylic acid groups (broad SMARTS) is 1. The van der Waals surface area contributed by atoms with Gasteiger partial charge in [-0.2, -0.15) is 0 Å². The number of benzene rings is 1. The topological polar surface area (TPSA) is 52.6 Å². The van der Waals surface area contributed by atoms with Crippen LogP contribution >= 0.6 is 0 Å². The zero-order valence-corrected chi connectivity index (χ0v) is 15.1. The van der Waals surface area contributed by atoms with E-state index in [4.69, 9.17) is 0 Å². The van der Waals surface area contributed by atoms with Gasteiger partial charge in [-0.1, -0.05) is 44.2 Å². The maximum Gasteiger partial charge on any atom is 0.310 e. The molecule has 0 amide bonds. The van der Waals surface area contributed by atoms with Crippen molar-refractivity contribution in [3.05, 3.63) is 35.9 Å². The molecule has 0 bridgehead atoms. The van der Waals surface area contributed by atoms with Gasteiger partial charge in [0, 0.05) is 19.1 Å². The fraction of sp³-hybridized carbons (Fsp3) is 0.650. The van der Waals surface area contributed by atoms with Gasteiger partial charge in [0.25, 0.3) is 0 Å². The zero-order chi connectivity index (χ0) is 17.4. The van der Waals surface area contributed by atoms with E-state index in [2.05, 4.69) is 40.5 Å². The molecular weight excluding hydrogens is 300 g/mol. The van der Waals surface area contributed by atoms with E-state index in [0.717, 1.165) is 38.9 Å². The molecule has 1 fully saturated rings. The molecule has 134 valence electrons. The van der Waals surface area contributed by atoms with E-state index in [-0.39, 0.29) is 0 Å². The summed E-state index contributed by atoms with van der Waals surface area (Å²) in [5.41, 5.74) is 0.791. The molecule has 4 nitrogen and oxygen atoms in total. The van der Waals surface area contributed by atoms with Crippen molar-refractivity contribution in [3.63, 3.8) is 0 Å². The molecule has 0 aromatic heterocycles. The fourth-order valence-electron chi connectivity index (χ4n) is 3.51. The van der Waals surface area contributed by atoms with Gasteiger partial charge in [-0.15, -0.1) is 0 Å². The molecule has 4 heteroatoms. The Hall–Kier alpha value is -1.39. The van der Waals surface area contributed by atoms with Crippen LogP contribution < -0.4 is 5.32 Å². The fourth-order valence-corrected chi connectivity index (χ4v) is 3.51. The Kier molecular flexibility index (Phi) is 7.25. The number of nitrogens with one attached hydrogen (secondary N) is 1. The summed E-state index contributed by atoms with van der Waals surface area (Å²) < 4.78 is 0. The average Bonchev–Trinajstić information content (AvgIpc) is 2.63. The molecule has 1 aliphatic rings. The number of likely N-dealkylation sites (tertiary alicyclic amines) is 1. The van der Waals surface area contributed by atoms with Crippen LogP contribution in [0.1, 0.15) is 45.1 Å². The van der Waals surface area contributed by atoms with Crippen molar-refractivity contribution in [2.24, 2.45) is 5.41 Å². The lowest BCUT2D eigenvalue weighted by molar-refractivity contribution is -0.149. The number of carbonyl (C=O) groups is 1. The minimum absolute atomic E-state index is 0.454.